The van der Waals surface area contributed by atoms with Crippen molar-refractivity contribution in [3.05, 3.63) is 11.6 Å². The Kier molecular flexibility index (Phi) is 6.81. The average Bonchev–Trinajstić information content (AvgIpc) is 2.54. The largest absolute Gasteiger partial charge is 0.478 e. The Hall–Kier alpha value is -0.910. The van der Waals surface area contributed by atoms with Crippen LogP contribution in [0.15, 0.2) is 11.6 Å². The Morgan fingerprint density at radius 2 is 1.89 bits per heavy atom. The number of carbonyl (C=O) groups is 1. The van der Waals surface area contributed by atoms with E-state index in [1.807, 2.05) is 6.92 Å². The number of aliphatic hydroxyl groups is 3. The van der Waals surface area contributed by atoms with Gasteiger partial charge in [0.25, 0.3) is 0 Å². The van der Waals surface area contributed by atoms with E-state index in [1.54, 1.807) is 6.92 Å². The summed E-state index contributed by atoms with van der Waals surface area (Å²) in [5.41, 5.74) is -0.437. The number of rotatable bonds is 7. The Bertz CT molecular complexity index is 569. The summed E-state index contributed by atoms with van der Waals surface area (Å²) in [6.07, 6.45) is 7.21. The van der Waals surface area contributed by atoms with Crippen molar-refractivity contribution in [1.29, 1.82) is 0 Å². The van der Waals surface area contributed by atoms with Gasteiger partial charge in [0.05, 0.1) is 11.7 Å². The van der Waals surface area contributed by atoms with Crippen LogP contribution in [0.5, 0.6) is 0 Å². The molecule has 4 N–H and O–H groups in total. The first-order valence-corrected chi connectivity index (χ1v) is 10.4. The van der Waals surface area contributed by atoms with Crippen molar-refractivity contribution < 1.29 is 25.2 Å². The number of allylic oxidation sites excluding steroid dienone is 1. The van der Waals surface area contributed by atoms with Crippen molar-refractivity contribution in [2.24, 2.45) is 22.7 Å². The SMILES string of the molecule is C/C(=C\C(=O)O)CC[C@H]1C(C)(O)C(O)C[C@H]2[C@@](C)(CCCO)CCC[C@]12C. The molecule has 2 rings (SSSR count). The van der Waals surface area contributed by atoms with Gasteiger partial charge in [-0.25, -0.2) is 4.79 Å². The van der Waals surface area contributed by atoms with Gasteiger partial charge in [-0.15, -0.1) is 0 Å². The molecule has 0 aromatic rings. The number of aliphatic carboxylic acids is 1. The van der Waals surface area contributed by atoms with Gasteiger partial charge in [0, 0.05) is 12.7 Å². The van der Waals surface area contributed by atoms with Crippen molar-refractivity contribution in [2.45, 2.75) is 90.8 Å². The predicted octanol–water partition coefficient (Wildman–Crippen LogP) is 3.51. The topological polar surface area (TPSA) is 98.0 Å². The number of aliphatic hydroxyl groups excluding tert-OH is 2. The Morgan fingerprint density at radius 3 is 2.48 bits per heavy atom. The van der Waals surface area contributed by atoms with Crippen LogP contribution < -0.4 is 0 Å². The third-order valence-corrected chi connectivity index (χ3v) is 7.84. The highest BCUT2D eigenvalue weighted by atomic mass is 16.4. The third kappa shape index (κ3) is 4.41. The number of hydrogen-bond donors (Lipinski definition) is 4. The molecule has 0 amide bonds. The summed E-state index contributed by atoms with van der Waals surface area (Å²) < 4.78 is 0. The summed E-state index contributed by atoms with van der Waals surface area (Å²) in [6, 6.07) is 0. The molecule has 0 aromatic carbocycles. The molecule has 2 saturated carbocycles. The van der Waals surface area contributed by atoms with Crippen molar-refractivity contribution in [3.8, 4) is 0 Å². The predicted molar refractivity (Wildman–Crippen MR) is 105 cm³/mol. The van der Waals surface area contributed by atoms with E-state index in [9.17, 15) is 20.1 Å². The van der Waals surface area contributed by atoms with Crippen molar-refractivity contribution in [3.63, 3.8) is 0 Å². The highest BCUT2D eigenvalue weighted by molar-refractivity contribution is 5.80. The Balaban J connectivity index is 2.33. The first kappa shape index (κ1) is 22.4. The van der Waals surface area contributed by atoms with Crippen molar-refractivity contribution in [2.75, 3.05) is 6.61 Å². The second kappa shape index (κ2) is 8.22. The van der Waals surface area contributed by atoms with Crippen LogP contribution in [-0.4, -0.2) is 44.7 Å². The van der Waals surface area contributed by atoms with Crippen LogP contribution in [0.2, 0.25) is 0 Å². The lowest BCUT2D eigenvalue weighted by atomic mass is 9.43. The maximum absolute atomic E-state index is 11.2. The van der Waals surface area contributed by atoms with Gasteiger partial charge in [-0.2, -0.15) is 0 Å². The van der Waals surface area contributed by atoms with E-state index in [2.05, 4.69) is 13.8 Å². The molecule has 5 nitrogen and oxygen atoms in total. The minimum atomic E-state index is -1.18. The van der Waals surface area contributed by atoms with Crippen LogP contribution in [0.3, 0.4) is 0 Å². The lowest BCUT2D eigenvalue weighted by Gasteiger charge is -2.63. The molecule has 2 fully saturated rings. The van der Waals surface area contributed by atoms with Crippen LogP contribution >= 0.6 is 0 Å². The molecule has 0 aromatic heterocycles. The summed E-state index contributed by atoms with van der Waals surface area (Å²) in [4.78, 5) is 10.9. The molecule has 27 heavy (non-hydrogen) atoms. The van der Waals surface area contributed by atoms with Gasteiger partial charge < -0.3 is 20.4 Å². The standard InChI is InChI=1S/C22H38O5/c1-15(13-19(25)26)7-8-16-21(3)11-5-9-20(2,10-6-12-23)17(21)14-18(24)22(16,4)27/h13,16-18,23-24,27H,5-12,14H2,1-4H3,(H,25,26)/b15-13+/t16-,17+,18?,20-,21-,22?/m1/s1. The molecule has 2 aliphatic carbocycles. The lowest BCUT2D eigenvalue weighted by molar-refractivity contribution is -0.223. The van der Waals surface area contributed by atoms with Gasteiger partial charge >= 0.3 is 5.97 Å². The zero-order valence-corrected chi connectivity index (χ0v) is 17.4. The zero-order chi connectivity index (χ0) is 20.5. The quantitative estimate of drug-likeness (QED) is 0.505. The maximum atomic E-state index is 11.2. The van der Waals surface area contributed by atoms with E-state index in [0.29, 0.717) is 19.3 Å². The monoisotopic (exact) mass is 382 g/mol. The Morgan fingerprint density at radius 1 is 1.22 bits per heavy atom. The van der Waals surface area contributed by atoms with E-state index in [1.165, 1.54) is 6.08 Å². The molecule has 0 bridgehead atoms. The van der Waals surface area contributed by atoms with Crippen LogP contribution in [-0.2, 0) is 4.79 Å². The average molecular weight is 383 g/mol. The molecule has 0 saturated heterocycles. The molecule has 0 radical (unpaired) electrons. The molecule has 2 unspecified atom stereocenters. The van der Waals surface area contributed by atoms with Crippen molar-refractivity contribution >= 4 is 5.97 Å². The minimum Gasteiger partial charge on any atom is -0.478 e. The van der Waals surface area contributed by atoms with Crippen LogP contribution in [0, 0.1) is 22.7 Å². The number of carboxylic acid groups (broad SMARTS) is 1. The molecule has 0 heterocycles. The van der Waals surface area contributed by atoms with Crippen molar-refractivity contribution in [1.82, 2.24) is 0 Å². The van der Waals surface area contributed by atoms with Gasteiger partial charge in [-0.3, -0.25) is 0 Å². The molecule has 2 aliphatic rings. The molecular formula is C22H38O5. The molecule has 6 atom stereocenters. The summed E-state index contributed by atoms with van der Waals surface area (Å²) in [5.74, 6) is -0.750. The number of fused-ring (bicyclic) bond motifs is 1. The molecule has 5 heteroatoms. The number of hydrogen-bond acceptors (Lipinski definition) is 4. The molecule has 0 aliphatic heterocycles. The van der Waals surface area contributed by atoms with Gasteiger partial charge in [0.1, 0.15) is 0 Å². The smallest absolute Gasteiger partial charge is 0.328 e. The van der Waals surface area contributed by atoms with E-state index in [4.69, 9.17) is 5.11 Å². The van der Waals surface area contributed by atoms with Crippen LogP contribution in [0.4, 0.5) is 0 Å². The Labute approximate surface area is 163 Å². The first-order valence-electron chi connectivity index (χ1n) is 10.4. The van der Waals surface area contributed by atoms with E-state index in [0.717, 1.165) is 37.7 Å². The van der Waals surface area contributed by atoms with Gasteiger partial charge in [0.2, 0.25) is 0 Å². The fourth-order valence-electron chi connectivity index (χ4n) is 6.41. The van der Waals surface area contributed by atoms with Crippen LogP contribution in [0.1, 0.15) is 79.1 Å². The summed E-state index contributed by atoms with van der Waals surface area (Å²) >= 11 is 0. The summed E-state index contributed by atoms with van der Waals surface area (Å²) in [6.45, 7) is 8.29. The summed E-state index contributed by atoms with van der Waals surface area (Å²) in [5, 5.41) is 40.3. The zero-order valence-electron chi connectivity index (χ0n) is 17.4. The maximum Gasteiger partial charge on any atom is 0.328 e. The first-order chi connectivity index (χ1) is 12.5. The fourth-order valence-corrected chi connectivity index (χ4v) is 6.41. The highest BCUT2D eigenvalue weighted by Crippen LogP contribution is 2.64. The normalized spacial score (nSPS) is 42.6. The van der Waals surface area contributed by atoms with Gasteiger partial charge in [0.15, 0.2) is 0 Å². The minimum absolute atomic E-state index is 0.0530. The van der Waals surface area contributed by atoms with E-state index in [-0.39, 0.29) is 29.3 Å². The van der Waals surface area contributed by atoms with E-state index < -0.39 is 17.7 Å². The molecule has 156 valence electrons. The summed E-state index contributed by atoms with van der Waals surface area (Å²) in [7, 11) is 0. The molecular weight excluding hydrogens is 344 g/mol. The lowest BCUT2D eigenvalue weighted by Crippen LogP contribution is -2.63. The van der Waals surface area contributed by atoms with Gasteiger partial charge in [-0.05, 0) is 81.5 Å². The highest BCUT2D eigenvalue weighted by Gasteiger charge is 2.61. The van der Waals surface area contributed by atoms with Gasteiger partial charge in [-0.1, -0.05) is 25.8 Å². The van der Waals surface area contributed by atoms with E-state index >= 15 is 0 Å². The fraction of sp³-hybridized carbons (Fsp3) is 0.864. The van der Waals surface area contributed by atoms with Crippen LogP contribution in [0.25, 0.3) is 0 Å². The molecule has 0 spiro atoms. The third-order valence-electron chi connectivity index (χ3n) is 7.84. The second-order valence-electron chi connectivity index (χ2n) is 9.79. The number of carboxylic acids is 1. The second-order valence-corrected chi connectivity index (χ2v) is 9.79.